The van der Waals surface area contributed by atoms with Gasteiger partial charge in [-0.1, -0.05) is 13.8 Å². The minimum Gasteiger partial charge on any atom is -0.390 e. The molecule has 11 heavy (non-hydrogen) atoms. The lowest BCUT2D eigenvalue weighted by molar-refractivity contribution is -0.144. The monoisotopic (exact) mass is 158 g/mol. The molecular formula is C8H14O3. The Balaban J connectivity index is 2.71. The number of hydrogen-bond donors (Lipinski definition) is 2. The van der Waals surface area contributed by atoms with Gasteiger partial charge in [-0.25, -0.2) is 0 Å². The standard InChI is InChI=1S/C8H14O3/c1-4-3-6(9)8(11)7(10)5(4)2/h4-6,8-9,11H,3H2,1-2H3. The lowest BCUT2D eigenvalue weighted by atomic mass is 9.78. The summed E-state index contributed by atoms with van der Waals surface area (Å²) >= 11 is 0. The number of aliphatic hydroxyl groups excluding tert-OH is 2. The van der Waals surface area contributed by atoms with E-state index in [0.717, 1.165) is 0 Å². The molecule has 64 valence electrons. The summed E-state index contributed by atoms with van der Waals surface area (Å²) < 4.78 is 0. The van der Waals surface area contributed by atoms with Crippen LogP contribution in [-0.2, 0) is 4.79 Å². The van der Waals surface area contributed by atoms with E-state index in [1.54, 1.807) is 6.92 Å². The van der Waals surface area contributed by atoms with Gasteiger partial charge in [0, 0.05) is 5.92 Å². The summed E-state index contributed by atoms with van der Waals surface area (Å²) in [7, 11) is 0. The van der Waals surface area contributed by atoms with Crippen LogP contribution in [0.5, 0.6) is 0 Å². The summed E-state index contributed by atoms with van der Waals surface area (Å²) in [5.74, 6) is -0.162. The maximum atomic E-state index is 11.1. The van der Waals surface area contributed by atoms with E-state index >= 15 is 0 Å². The third kappa shape index (κ3) is 1.44. The van der Waals surface area contributed by atoms with Crippen LogP contribution in [0.4, 0.5) is 0 Å². The third-order valence-electron chi connectivity index (χ3n) is 2.57. The lowest BCUT2D eigenvalue weighted by Gasteiger charge is -2.31. The van der Waals surface area contributed by atoms with Crippen LogP contribution in [0, 0.1) is 11.8 Å². The number of hydrogen-bond acceptors (Lipinski definition) is 3. The molecule has 0 aromatic carbocycles. The highest BCUT2D eigenvalue weighted by Crippen LogP contribution is 2.26. The average Bonchev–Trinajstić information content (AvgIpc) is 1.97. The summed E-state index contributed by atoms with van der Waals surface area (Å²) in [5, 5.41) is 18.3. The van der Waals surface area contributed by atoms with Gasteiger partial charge < -0.3 is 10.2 Å². The number of carbonyl (C=O) groups is 1. The van der Waals surface area contributed by atoms with Gasteiger partial charge in [-0.3, -0.25) is 4.79 Å². The van der Waals surface area contributed by atoms with E-state index in [0.29, 0.717) is 6.42 Å². The summed E-state index contributed by atoms with van der Waals surface area (Å²) in [6.07, 6.45) is -1.48. The Labute approximate surface area is 66.0 Å². The molecule has 0 aliphatic heterocycles. The van der Waals surface area contributed by atoms with Crippen molar-refractivity contribution in [1.29, 1.82) is 0 Å². The molecule has 1 fully saturated rings. The maximum Gasteiger partial charge on any atom is 0.166 e. The van der Waals surface area contributed by atoms with E-state index in [4.69, 9.17) is 10.2 Å². The van der Waals surface area contributed by atoms with Crippen molar-refractivity contribution in [2.45, 2.75) is 32.5 Å². The van der Waals surface area contributed by atoms with Crippen molar-refractivity contribution in [2.24, 2.45) is 11.8 Å². The van der Waals surface area contributed by atoms with Crippen LogP contribution in [0.3, 0.4) is 0 Å². The molecule has 4 atom stereocenters. The van der Waals surface area contributed by atoms with Gasteiger partial charge in [0.2, 0.25) is 0 Å². The van der Waals surface area contributed by atoms with Crippen molar-refractivity contribution in [3.8, 4) is 0 Å². The molecule has 0 radical (unpaired) electrons. The highest BCUT2D eigenvalue weighted by molar-refractivity contribution is 5.86. The molecule has 0 saturated heterocycles. The summed E-state index contributed by atoms with van der Waals surface area (Å²) in [5.41, 5.74) is 0. The molecule has 0 aromatic heterocycles. The van der Waals surface area contributed by atoms with Crippen molar-refractivity contribution in [1.82, 2.24) is 0 Å². The Hall–Kier alpha value is -0.410. The Kier molecular flexibility index (Phi) is 2.30. The van der Waals surface area contributed by atoms with E-state index in [9.17, 15) is 4.79 Å². The van der Waals surface area contributed by atoms with Crippen LogP contribution in [0.15, 0.2) is 0 Å². The van der Waals surface area contributed by atoms with E-state index < -0.39 is 12.2 Å². The smallest absolute Gasteiger partial charge is 0.166 e. The molecule has 4 unspecified atom stereocenters. The van der Waals surface area contributed by atoms with Gasteiger partial charge in [0.1, 0.15) is 6.10 Å². The first kappa shape index (κ1) is 8.68. The van der Waals surface area contributed by atoms with E-state index in [1.165, 1.54) is 0 Å². The fraction of sp³-hybridized carbons (Fsp3) is 0.875. The molecule has 0 aromatic rings. The fourth-order valence-electron chi connectivity index (χ4n) is 1.45. The fourth-order valence-corrected chi connectivity index (χ4v) is 1.45. The van der Waals surface area contributed by atoms with Crippen molar-refractivity contribution in [2.75, 3.05) is 0 Å². The molecule has 3 nitrogen and oxygen atoms in total. The van der Waals surface area contributed by atoms with E-state index in [1.807, 2.05) is 6.92 Å². The van der Waals surface area contributed by atoms with Crippen LogP contribution in [0.25, 0.3) is 0 Å². The SMILES string of the molecule is CC1CC(O)C(O)C(=O)C1C. The van der Waals surface area contributed by atoms with Gasteiger partial charge in [-0.15, -0.1) is 0 Å². The molecule has 2 N–H and O–H groups in total. The largest absolute Gasteiger partial charge is 0.390 e. The number of Topliss-reactive ketones (excluding diaryl/α,β-unsaturated/α-hetero) is 1. The molecule has 0 bridgehead atoms. The summed E-state index contributed by atoms with van der Waals surface area (Å²) in [6.45, 7) is 3.71. The quantitative estimate of drug-likeness (QED) is 0.520. The normalized spacial score (nSPS) is 46.0. The predicted octanol–water partition coefficient (Wildman–Crippen LogP) is -0.0468. The van der Waals surface area contributed by atoms with Crippen molar-refractivity contribution in [3.05, 3.63) is 0 Å². The summed E-state index contributed by atoms with van der Waals surface area (Å²) in [6, 6.07) is 0. The Morgan fingerprint density at radius 3 is 2.45 bits per heavy atom. The van der Waals surface area contributed by atoms with Gasteiger partial charge in [0.15, 0.2) is 5.78 Å². The highest BCUT2D eigenvalue weighted by Gasteiger charge is 2.37. The first-order valence-corrected chi connectivity index (χ1v) is 3.94. The number of rotatable bonds is 0. The van der Waals surface area contributed by atoms with Crippen LogP contribution < -0.4 is 0 Å². The molecule has 1 rings (SSSR count). The Morgan fingerprint density at radius 2 is 1.91 bits per heavy atom. The molecule has 1 aliphatic rings. The zero-order chi connectivity index (χ0) is 8.59. The zero-order valence-corrected chi connectivity index (χ0v) is 6.82. The molecule has 0 spiro atoms. The second-order valence-electron chi connectivity index (χ2n) is 3.42. The van der Waals surface area contributed by atoms with Crippen molar-refractivity contribution in [3.63, 3.8) is 0 Å². The van der Waals surface area contributed by atoms with Gasteiger partial charge in [0.05, 0.1) is 6.10 Å². The van der Waals surface area contributed by atoms with E-state index in [-0.39, 0.29) is 17.6 Å². The molecule has 1 saturated carbocycles. The topological polar surface area (TPSA) is 57.5 Å². The van der Waals surface area contributed by atoms with Crippen molar-refractivity contribution >= 4 is 5.78 Å². The third-order valence-corrected chi connectivity index (χ3v) is 2.57. The second-order valence-corrected chi connectivity index (χ2v) is 3.42. The maximum absolute atomic E-state index is 11.1. The van der Waals surface area contributed by atoms with Crippen LogP contribution in [0.2, 0.25) is 0 Å². The lowest BCUT2D eigenvalue weighted by Crippen LogP contribution is -2.45. The minimum atomic E-state index is -1.15. The zero-order valence-electron chi connectivity index (χ0n) is 6.82. The van der Waals surface area contributed by atoms with Crippen LogP contribution in [-0.4, -0.2) is 28.2 Å². The Morgan fingerprint density at radius 1 is 1.36 bits per heavy atom. The first-order chi connectivity index (χ1) is 5.04. The second kappa shape index (κ2) is 2.91. The number of carbonyl (C=O) groups excluding carboxylic acids is 1. The highest BCUT2D eigenvalue weighted by atomic mass is 16.3. The molecule has 0 heterocycles. The molecular weight excluding hydrogens is 144 g/mol. The van der Waals surface area contributed by atoms with Crippen LogP contribution >= 0.6 is 0 Å². The van der Waals surface area contributed by atoms with Gasteiger partial charge >= 0.3 is 0 Å². The first-order valence-electron chi connectivity index (χ1n) is 3.94. The van der Waals surface area contributed by atoms with Gasteiger partial charge in [-0.05, 0) is 12.3 Å². The van der Waals surface area contributed by atoms with Gasteiger partial charge in [-0.2, -0.15) is 0 Å². The molecule has 0 amide bonds. The summed E-state index contributed by atoms with van der Waals surface area (Å²) in [4.78, 5) is 11.1. The van der Waals surface area contributed by atoms with E-state index in [2.05, 4.69) is 0 Å². The molecule has 1 aliphatic carbocycles. The molecule has 3 heteroatoms. The minimum absolute atomic E-state index is 0.117. The van der Waals surface area contributed by atoms with Gasteiger partial charge in [0.25, 0.3) is 0 Å². The number of aliphatic hydroxyl groups is 2. The predicted molar refractivity (Wildman–Crippen MR) is 40.0 cm³/mol. The number of ketones is 1. The average molecular weight is 158 g/mol. The van der Waals surface area contributed by atoms with Crippen molar-refractivity contribution < 1.29 is 15.0 Å². The Bertz CT molecular complexity index is 151. The van der Waals surface area contributed by atoms with Crippen LogP contribution in [0.1, 0.15) is 20.3 Å².